The zero-order chi connectivity index (χ0) is 23.2. The van der Waals surface area contributed by atoms with Crippen LogP contribution in [0.2, 0.25) is 0 Å². The molecule has 0 aliphatic carbocycles. The van der Waals surface area contributed by atoms with Crippen LogP contribution >= 0.6 is 0 Å². The number of nitrogens with two attached hydrogens (primary N) is 1. The normalized spacial score (nSPS) is 9.74. The van der Waals surface area contributed by atoms with Gasteiger partial charge in [0.25, 0.3) is 0 Å². The summed E-state index contributed by atoms with van der Waals surface area (Å²) in [6, 6.07) is 9.47. The van der Waals surface area contributed by atoms with Crippen molar-refractivity contribution in [3.8, 4) is 0 Å². The summed E-state index contributed by atoms with van der Waals surface area (Å²) in [6.45, 7) is 2.47. The third-order valence-corrected chi connectivity index (χ3v) is 3.61. The lowest BCUT2D eigenvalue weighted by atomic mass is 10.2. The fraction of sp³-hybridized carbons (Fsp3) is 0.300. The largest absolute Gasteiger partial charge is 0.481 e. The summed E-state index contributed by atoms with van der Waals surface area (Å²) in [5.74, 6) is -1.44. The molecule has 0 bridgehead atoms. The van der Waals surface area contributed by atoms with Crippen LogP contribution in [0.25, 0.3) is 0 Å². The standard InChI is InChI=1S/C15H17FN4O2.C5H8O4/c1-2-22-15(21)19-12-7-8-13(20-14(12)17)18-9-10-3-5-11(16)6-4-10;6-4(7)2-1-3-5(8)9/h3-8H,2,9H2,1H3,(H,19,21)(H3,17,18,20);1-3H2,(H,6,7)(H,8,9). The topological polar surface area (TPSA) is 164 Å². The number of anilines is 3. The molecule has 0 atom stereocenters. The molecule has 6 N–H and O–H groups in total. The number of hydrogen-bond donors (Lipinski definition) is 5. The van der Waals surface area contributed by atoms with Gasteiger partial charge in [0.2, 0.25) is 0 Å². The first-order valence-corrected chi connectivity index (χ1v) is 9.33. The lowest BCUT2D eigenvalue weighted by Crippen LogP contribution is -2.15. The quantitative estimate of drug-likeness (QED) is 0.396. The summed E-state index contributed by atoms with van der Waals surface area (Å²) in [5.41, 5.74) is 7.08. The van der Waals surface area contributed by atoms with Gasteiger partial charge in [0.1, 0.15) is 17.5 Å². The van der Waals surface area contributed by atoms with E-state index in [9.17, 15) is 18.8 Å². The monoisotopic (exact) mass is 436 g/mol. The summed E-state index contributed by atoms with van der Waals surface area (Å²) >= 11 is 0. The van der Waals surface area contributed by atoms with Crippen LogP contribution in [-0.4, -0.2) is 39.8 Å². The summed E-state index contributed by atoms with van der Waals surface area (Å²) < 4.78 is 17.6. The van der Waals surface area contributed by atoms with E-state index in [1.807, 2.05) is 0 Å². The molecule has 0 fully saturated rings. The van der Waals surface area contributed by atoms with Crippen molar-refractivity contribution in [2.75, 3.05) is 23.0 Å². The molecular weight excluding hydrogens is 411 g/mol. The third-order valence-electron chi connectivity index (χ3n) is 3.61. The van der Waals surface area contributed by atoms with Gasteiger partial charge in [-0.05, 0) is 43.2 Å². The Morgan fingerprint density at radius 3 is 2.19 bits per heavy atom. The second kappa shape index (κ2) is 13.4. The maximum atomic E-state index is 12.8. The van der Waals surface area contributed by atoms with Crippen molar-refractivity contribution in [1.29, 1.82) is 0 Å². The maximum absolute atomic E-state index is 12.8. The zero-order valence-corrected chi connectivity index (χ0v) is 16.9. The van der Waals surface area contributed by atoms with E-state index in [1.54, 1.807) is 31.2 Å². The van der Waals surface area contributed by atoms with E-state index in [1.165, 1.54) is 12.1 Å². The summed E-state index contributed by atoms with van der Waals surface area (Å²) in [6.07, 6.45) is -0.494. The summed E-state index contributed by atoms with van der Waals surface area (Å²) in [5, 5.41) is 21.6. The number of aromatic nitrogens is 1. The molecule has 0 aliphatic rings. The molecule has 2 aromatic rings. The van der Waals surface area contributed by atoms with Crippen LogP contribution in [-0.2, 0) is 20.9 Å². The summed E-state index contributed by atoms with van der Waals surface area (Å²) in [4.78, 5) is 35.0. The predicted molar refractivity (Wildman–Crippen MR) is 112 cm³/mol. The molecule has 0 spiro atoms. The van der Waals surface area contributed by atoms with Crippen LogP contribution in [0.5, 0.6) is 0 Å². The Labute approximate surface area is 178 Å². The molecule has 168 valence electrons. The van der Waals surface area contributed by atoms with Crippen molar-refractivity contribution in [2.45, 2.75) is 32.7 Å². The predicted octanol–water partition coefficient (Wildman–Crippen LogP) is 3.31. The van der Waals surface area contributed by atoms with Gasteiger partial charge in [-0.1, -0.05) is 12.1 Å². The van der Waals surface area contributed by atoms with Gasteiger partial charge >= 0.3 is 18.0 Å². The molecule has 0 unspecified atom stereocenters. The second-order valence-corrected chi connectivity index (χ2v) is 6.10. The van der Waals surface area contributed by atoms with Gasteiger partial charge in [0.15, 0.2) is 0 Å². The highest BCUT2D eigenvalue weighted by Crippen LogP contribution is 2.19. The number of nitrogens with one attached hydrogen (secondary N) is 2. The Morgan fingerprint density at radius 1 is 1.06 bits per heavy atom. The van der Waals surface area contributed by atoms with E-state index < -0.39 is 18.0 Å². The second-order valence-electron chi connectivity index (χ2n) is 6.10. The molecular formula is C20H25FN4O6. The van der Waals surface area contributed by atoms with Crippen LogP contribution in [0.4, 0.5) is 26.5 Å². The van der Waals surface area contributed by atoms with Gasteiger partial charge in [0.05, 0.1) is 12.3 Å². The van der Waals surface area contributed by atoms with Gasteiger partial charge in [0, 0.05) is 19.4 Å². The third kappa shape index (κ3) is 11.0. The molecule has 0 saturated carbocycles. The number of carboxylic acid groups (broad SMARTS) is 2. The number of hydrogen-bond acceptors (Lipinski definition) is 7. The summed E-state index contributed by atoms with van der Waals surface area (Å²) in [7, 11) is 0. The molecule has 1 aromatic heterocycles. The zero-order valence-electron chi connectivity index (χ0n) is 16.9. The average Bonchev–Trinajstić information content (AvgIpc) is 2.69. The van der Waals surface area contributed by atoms with Crippen molar-refractivity contribution in [1.82, 2.24) is 4.98 Å². The minimum Gasteiger partial charge on any atom is -0.481 e. The Morgan fingerprint density at radius 2 is 1.68 bits per heavy atom. The number of halogens is 1. The van der Waals surface area contributed by atoms with E-state index in [-0.39, 0.29) is 37.5 Å². The average molecular weight is 436 g/mol. The Balaban J connectivity index is 0.000000452. The van der Waals surface area contributed by atoms with Crippen molar-refractivity contribution >= 4 is 35.4 Å². The number of carboxylic acids is 2. The van der Waals surface area contributed by atoms with Crippen molar-refractivity contribution in [3.05, 3.63) is 47.8 Å². The van der Waals surface area contributed by atoms with Crippen molar-refractivity contribution in [3.63, 3.8) is 0 Å². The first kappa shape index (κ1) is 25.1. The molecule has 1 amide bonds. The van der Waals surface area contributed by atoms with Crippen molar-refractivity contribution < 1.29 is 33.7 Å². The van der Waals surface area contributed by atoms with Crippen LogP contribution in [0.3, 0.4) is 0 Å². The van der Waals surface area contributed by atoms with Crippen LogP contribution in [0, 0.1) is 5.82 Å². The Kier molecular flexibility index (Phi) is 10.8. The van der Waals surface area contributed by atoms with Gasteiger partial charge in [-0.25, -0.2) is 14.2 Å². The minimum absolute atomic E-state index is 0.0632. The van der Waals surface area contributed by atoms with E-state index in [4.69, 9.17) is 20.7 Å². The SMILES string of the molecule is CCOC(=O)Nc1ccc(NCc2ccc(F)cc2)nc1N.O=C(O)CCCC(=O)O. The van der Waals surface area contributed by atoms with E-state index >= 15 is 0 Å². The Hall–Kier alpha value is -3.89. The van der Waals surface area contributed by atoms with E-state index in [2.05, 4.69) is 15.6 Å². The lowest BCUT2D eigenvalue weighted by Gasteiger charge is -2.10. The molecule has 2 rings (SSSR count). The highest BCUT2D eigenvalue weighted by Gasteiger charge is 2.07. The number of carbonyl (C=O) groups is 3. The number of pyridine rings is 1. The lowest BCUT2D eigenvalue weighted by molar-refractivity contribution is -0.138. The molecule has 1 heterocycles. The van der Waals surface area contributed by atoms with Crippen LogP contribution in [0.1, 0.15) is 31.7 Å². The number of nitrogen functional groups attached to an aromatic ring is 1. The van der Waals surface area contributed by atoms with Gasteiger partial charge in [-0.2, -0.15) is 0 Å². The van der Waals surface area contributed by atoms with Crippen molar-refractivity contribution in [2.24, 2.45) is 0 Å². The van der Waals surface area contributed by atoms with Crippen LogP contribution in [0.15, 0.2) is 36.4 Å². The number of benzene rings is 1. The highest BCUT2D eigenvalue weighted by atomic mass is 19.1. The number of nitrogens with zero attached hydrogens (tertiary/aromatic N) is 1. The first-order valence-electron chi connectivity index (χ1n) is 9.33. The first-order chi connectivity index (χ1) is 14.7. The number of carbonyl (C=O) groups excluding carboxylic acids is 1. The Bertz CT molecular complexity index is 862. The molecule has 0 saturated heterocycles. The van der Waals surface area contributed by atoms with E-state index in [0.29, 0.717) is 18.1 Å². The molecule has 31 heavy (non-hydrogen) atoms. The number of amides is 1. The highest BCUT2D eigenvalue weighted by molar-refractivity contribution is 5.88. The maximum Gasteiger partial charge on any atom is 0.411 e. The van der Waals surface area contributed by atoms with E-state index in [0.717, 1.165) is 5.56 Å². The molecule has 0 radical (unpaired) electrons. The van der Waals surface area contributed by atoms with Crippen LogP contribution < -0.4 is 16.4 Å². The smallest absolute Gasteiger partial charge is 0.411 e. The fourth-order valence-electron chi connectivity index (χ4n) is 2.14. The molecule has 10 nitrogen and oxygen atoms in total. The number of ether oxygens (including phenoxy) is 1. The van der Waals surface area contributed by atoms with Gasteiger partial charge < -0.3 is 26.0 Å². The fourth-order valence-corrected chi connectivity index (χ4v) is 2.14. The van der Waals surface area contributed by atoms with Gasteiger partial charge in [-0.15, -0.1) is 0 Å². The molecule has 11 heteroatoms. The number of aliphatic carboxylic acids is 2. The number of rotatable bonds is 9. The van der Waals surface area contributed by atoms with Gasteiger partial charge in [-0.3, -0.25) is 14.9 Å². The molecule has 1 aromatic carbocycles. The molecule has 0 aliphatic heterocycles. The minimum atomic E-state index is -0.948.